The Morgan fingerprint density at radius 1 is 0.700 bits per heavy atom. The van der Waals surface area contributed by atoms with Gasteiger partial charge in [0.15, 0.2) is 5.78 Å². The SMILES string of the molecule is Cc1ccc2c(c1)c1cc(C(=O)c3ccc(Sc4ccccc4)cc3)ccc1n2C. The lowest BCUT2D eigenvalue weighted by Crippen LogP contribution is -2.01. The lowest BCUT2D eigenvalue weighted by molar-refractivity contribution is 0.103. The molecule has 0 saturated heterocycles. The van der Waals surface area contributed by atoms with Gasteiger partial charge in [0.2, 0.25) is 0 Å². The van der Waals surface area contributed by atoms with Crippen molar-refractivity contribution >= 4 is 39.4 Å². The van der Waals surface area contributed by atoms with E-state index in [1.165, 1.54) is 21.4 Å². The van der Waals surface area contributed by atoms with E-state index in [0.29, 0.717) is 5.56 Å². The van der Waals surface area contributed by atoms with Crippen LogP contribution in [0, 0.1) is 6.92 Å². The number of aryl methyl sites for hydroxylation is 2. The maximum absolute atomic E-state index is 13.2. The molecule has 0 aliphatic rings. The third-order valence-electron chi connectivity index (χ3n) is 5.52. The summed E-state index contributed by atoms with van der Waals surface area (Å²) in [4.78, 5) is 15.5. The Morgan fingerprint density at radius 3 is 2.03 bits per heavy atom. The van der Waals surface area contributed by atoms with Crippen LogP contribution in [0.1, 0.15) is 21.5 Å². The summed E-state index contributed by atoms with van der Waals surface area (Å²) in [5.74, 6) is 0.0535. The van der Waals surface area contributed by atoms with Crippen LogP contribution in [0.15, 0.2) is 101 Å². The highest BCUT2D eigenvalue weighted by Crippen LogP contribution is 2.31. The van der Waals surface area contributed by atoms with Crippen LogP contribution in [-0.4, -0.2) is 10.4 Å². The number of rotatable bonds is 4. The molecule has 0 radical (unpaired) electrons. The zero-order chi connectivity index (χ0) is 20.7. The first-order valence-electron chi connectivity index (χ1n) is 9.96. The van der Waals surface area contributed by atoms with Gasteiger partial charge in [0.05, 0.1) is 0 Å². The van der Waals surface area contributed by atoms with Gasteiger partial charge in [0, 0.05) is 49.8 Å². The van der Waals surface area contributed by atoms with Crippen molar-refractivity contribution in [1.29, 1.82) is 0 Å². The average Bonchev–Trinajstić information content (AvgIpc) is 3.05. The van der Waals surface area contributed by atoms with Crippen molar-refractivity contribution in [3.05, 3.63) is 108 Å². The fourth-order valence-electron chi connectivity index (χ4n) is 3.94. The fraction of sp³-hybridized carbons (Fsp3) is 0.0741. The quantitative estimate of drug-likeness (QED) is 0.299. The third-order valence-corrected chi connectivity index (χ3v) is 6.53. The smallest absolute Gasteiger partial charge is 0.193 e. The molecule has 1 heterocycles. The topological polar surface area (TPSA) is 22.0 Å². The molecule has 5 aromatic rings. The van der Waals surface area contributed by atoms with E-state index in [2.05, 4.69) is 54.9 Å². The van der Waals surface area contributed by atoms with Gasteiger partial charge in [-0.3, -0.25) is 4.79 Å². The largest absolute Gasteiger partial charge is 0.344 e. The molecule has 0 fully saturated rings. The molecule has 0 aliphatic carbocycles. The van der Waals surface area contributed by atoms with Crippen molar-refractivity contribution in [2.24, 2.45) is 7.05 Å². The summed E-state index contributed by atoms with van der Waals surface area (Å²) in [7, 11) is 2.07. The lowest BCUT2D eigenvalue weighted by Gasteiger charge is -2.05. The van der Waals surface area contributed by atoms with Crippen LogP contribution >= 0.6 is 11.8 Å². The molecule has 1 aromatic heterocycles. The summed E-state index contributed by atoms with van der Waals surface area (Å²) in [6, 6.07) is 30.6. The zero-order valence-electron chi connectivity index (χ0n) is 16.9. The molecular formula is C27H21NOS. The van der Waals surface area contributed by atoms with E-state index >= 15 is 0 Å². The molecule has 30 heavy (non-hydrogen) atoms. The van der Waals surface area contributed by atoms with Gasteiger partial charge in [-0.15, -0.1) is 0 Å². The third kappa shape index (κ3) is 3.31. The van der Waals surface area contributed by atoms with Crippen LogP contribution in [0.2, 0.25) is 0 Å². The number of hydrogen-bond donors (Lipinski definition) is 0. The Kier molecular flexibility index (Phi) is 4.68. The Morgan fingerprint density at radius 2 is 1.30 bits per heavy atom. The fourth-order valence-corrected chi connectivity index (χ4v) is 4.78. The minimum atomic E-state index is 0.0535. The standard InChI is InChI=1S/C27H21NOS/c1-18-8-14-25-23(16-18)24-17-20(11-15-26(24)28(25)2)27(29)19-9-12-22(13-10-19)30-21-6-4-3-5-7-21/h3-17H,1-2H3. The average molecular weight is 408 g/mol. The maximum Gasteiger partial charge on any atom is 0.193 e. The van der Waals surface area contributed by atoms with Crippen molar-refractivity contribution in [3.63, 3.8) is 0 Å². The summed E-state index contributed by atoms with van der Waals surface area (Å²) in [6.45, 7) is 2.10. The molecule has 0 spiro atoms. The zero-order valence-corrected chi connectivity index (χ0v) is 17.7. The normalized spacial score (nSPS) is 11.3. The van der Waals surface area contributed by atoms with Crippen LogP contribution < -0.4 is 0 Å². The second-order valence-corrected chi connectivity index (χ2v) is 8.73. The highest BCUT2D eigenvalue weighted by atomic mass is 32.2. The number of carbonyl (C=O) groups excluding carboxylic acids is 1. The second-order valence-electron chi connectivity index (χ2n) is 7.58. The summed E-state index contributed by atoms with van der Waals surface area (Å²) in [5.41, 5.74) is 4.98. The Bertz CT molecular complexity index is 1380. The minimum absolute atomic E-state index is 0.0535. The molecule has 0 bridgehead atoms. The highest BCUT2D eigenvalue weighted by molar-refractivity contribution is 7.99. The van der Waals surface area contributed by atoms with Gasteiger partial charge in [-0.25, -0.2) is 0 Å². The number of fused-ring (bicyclic) bond motifs is 3. The molecule has 5 rings (SSSR count). The van der Waals surface area contributed by atoms with E-state index in [4.69, 9.17) is 0 Å². The van der Waals surface area contributed by atoms with Crippen molar-refractivity contribution in [2.75, 3.05) is 0 Å². The number of carbonyl (C=O) groups is 1. The number of nitrogens with zero attached hydrogens (tertiary/aromatic N) is 1. The van der Waals surface area contributed by atoms with Crippen molar-refractivity contribution in [1.82, 2.24) is 4.57 Å². The monoisotopic (exact) mass is 407 g/mol. The summed E-state index contributed by atoms with van der Waals surface area (Å²) < 4.78 is 2.19. The number of benzene rings is 4. The lowest BCUT2D eigenvalue weighted by atomic mass is 10.0. The van der Waals surface area contributed by atoms with Crippen molar-refractivity contribution in [3.8, 4) is 0 Å². The van der Waals surface area contributed by atoms with Crippen molar-refractivity contribution in [2.45, 2.75) is 16.7 Å². The number of hydrogen-bond acceptors (Lipinski definition) is 2. The molecule has 0 saturated carbocycles. The molecule has 0 aliphatic heterocycles. The van der Waals surface area contributed by atoms with Gasteiger partial charge in [-0.1, -0.05) is 41.6 Å². The predicted octanol–water partition coefficient (Wildman–Crippen LogP) is 7.02. The summed E-state index contributed by atoms with van der Waals surface area (Å²) in [5, 5.41) is 2.31. The van der Waals surface area contributed by atoms with Gasteiger partial charge in [-0.2, -0.15) is 0 Å². The second kappa shape index (κ2) is 7.51. The molecule has 0 amide bonds. The molecule has 0 unspecified atom stereocenters. The van der Waals surface area contributed by atoms with E-state index in [0.717, 1.165) is 21.4 Å². The first kappa shape index (κ1) is 18.7. The van der Waals surface area contributed by atoms with Crippen molar-refractivity contribution < 1.29 is 4.79 Å². The maximum atomic E-state index is 13.2. The van der Waals surface area contributed by atoms with E-state index in [-0.39, 0.29) is 5.78 Å². The van der Waals surface area contributed by atoms with Crippen LogP contribution in [0.4, 0.5) is 0 Å². The summed E-state index contributed by atoms with van der Waals surface area (Å²) >= 11 is 1.70. The molecule has 0 N–H and O–H groups in total. The van der Waals surface area contributed by atoms with Crippen LogP contribution in [0.25, 0.3) is 21.8 Å². The van der Waals surface area contributed by atoms with Gasteiger partial charge >= 0.3 is 0 Å². The number of ketones is 1. The summed E-state index contributed by atoms with van der Waals surface area (Å²) in [6.07, 6.45) is 0. The molecule has 4 aromatic carbocycles. The molecule has 3 heteroatoms. The van der Waals surface area contributed by atoms with Crippen LogP contribution in [-0.2, 0) is 7.05 Å². The van der Waals surface area contributed by atoms with Crippen LogP contribution in [0.3, 0.4) is 0 Å². The highest BCUT2D eigenvalue weighted by Gasteiger charge is 2.14. The Balaban J connectivity index is 1.48. The first-order valence-corrected chi connectivity index (χ1v) is 10.8. The van der Waals surface area contributed by atoms with Gasteiger partial charge in [0.1, 0.15) is 0 Å². The Hall–Kier alpha value is -3.30. The van der Waals surface area contributed by atoms with Gasteiger partial charge in [-0.05, 0) is 73.7 Å². The van der Waals surface area contributed by atoms with E-state index in [1.807, 2.05) is 54.6 Å². The number of aromatic nitrogens is 1. The van der Waals surface area contributed by atoms with Gasteiger partial charge in [0.25, 0.3) is 0 Å². The molecule has 2 nitrogen and oxygen atoms in total. The minimum Gasteiger partial charge on any atom is -0.344 e. The van der Waals surface area contributed by atoms with E-state index in [9.17, 15) is 4.79 Å². The predicted molar refractivity (Wildman–Crippen MR) is 126 cm³/mol. The molecule has 0 atom stereocenters. The van der Waals surface area contributed by atoms with E-state index < -0.39 is 0 Å². The Labute approximate surface area is 180 Å². The van der Waals surface area contributed by atoms with E-state index in [1.54, 1.807) is 11.8 Å². The first-order chi connectivity index (χ1) is 14.6. The molecule has 146 valence electrons. The van der Waals surface area contributed by atoms with Crippen LogP contribution in [0.5, 0.6) is 0 Å². The molecular weight excluding hydrogens is 386 g/mol. The van der Waals surface area contributed by atoms with Gasteiger partial charge < -0.3 is 4.57 Å².